The lowest BCUT2D eigenvalue weighted by Gasteiger charge is -2.59. The molecule has 0 radical (unpaired) electrons. The van der Waals surface area contributed by atoms with Crippen LogP contribution in [0.2, 0.25) is 0 Å². The van der Waals surface area contributed by atoms with Gasteiger partial charge in [-0.3, -0.25) is 4.79 Å². The summed E-state index contributed by atoms with van der Waals surface area (Å²) < 4.78 is 0. The molecule has 0 saturated heterocycles. The number of carbonyl (C=O) groups excluding carboxylic acids is 1. The van der Waals surface area contributed by atoms with E-state index in [1.807, 2.05) is 13.8 Å². The van der Waals surface area contributed by atoms with Gasteiger partial charge in [0.2, 0.25) is 0 Å². The van der Waals surface area contributed by atoms with Crippen LogP contribution < -0.4 is 0 Å². The summed E-state index contributed by atoms with van der Waals surface area (Å²) in [6.45, 7) is 8.53. The standard InChI is InChI=1S/C21H31NO3/c1-19(2)16-7-5-12-13-6-8-17(23)20(13,3)10-9-14(12)21(16,4)11-15(22-25)18(19)24/h7,12-14,17,23,25H,5-6,8-11H2,1-4H3/b22-15-/t12-,13-,14-,17-,20-,21+/m0/s1. The van der Waals surface area contributed by atoms with Gasteiger partial charge in [-0.1, -0.05) is 30.7 Å². The largest absolute Gasteiger partial charge is 0.411 e. The van der Waals surface area contributed by atoms with Crippen LogP contribution in [0.5, 0.6) is 0 Å². The Balaban J connectivity index is 1.78. The number of allylic oxidation sites excluding steroid dienone is 2. The number of aliphatic hydroxyl groups excluding tert-OH is 1. The molecule has 0 bridgehead atoms. The van der Waals surface area contributed by atoms with Crippen molar-refractivity contribution in [3.05, 3.63) is 11.6 Å². The van der Waals surface area contributed by atoms with E-state index in [9.17, 15) is 15.1 Å². The van der Waals surface area contributed by atoms with Crippen molar-refractivity contribution in [2.45, 2.75) is 72.3 Å². The van der Waals surface area contributed by atoms with Crippen LogP contribution in [-0.4, -0.2) is 27.9 Å². The Labute approximate surface area is 150 Å². The number of rotatable bonds is 0. The van der Waals surface area contributed by atoms with Gasteiger partial charge in [-0.05, 0) is 74.5 Å². The summed E-state index contributed by atoms with van der Waals surface area (Å²) in [5, 5.41) is 23.4. The third kappa shape index (κ3) is 2.03. The van der Waals surface area contributed by atoms with Crippen molar-refractivity contribution in [2.24, 2.45) is 39.2 Å². The number of carbonyl (C=O) groups is 1. The minimum absolute atomic E-state index is 0.0332. The molecule has 3 fully saturated rings. The minimum Gasteiger partial charge on any atom is -0.411 e. The van der Waals surface area contributed by atoms with Gasteiger partial charge in [0.15, 0.2) is 5.78 Å². The lowest BCUT2D eigenvalue weighted by molar-refractivity contribution is -0.122. The average Bonchev–Trinajstić information content (AvgIpc) is 2.86. The molecule has 2 N–H and O–H groups in total. The number of aliphatic hydroxyl groups is 1. The number of ketones is 1. The summed E-state index contributed by atoms with van der Waals surface area (Å²) in [4.78, 5) is 12.7. The van der Waals surface area contributed by atoms with E-state index in [1.54, 1.807) is 0 Å². The van der Waals surface area contributed by atoms with Crippen molar-refractivity contribution in [1.82, 2.24) is 0 Å². The average molecular weight is 345 g/mol. The molecule has 4 nitrogen and oxygen atoms in total. The van der Waals surface area contributed by atoms with Crippen LogP contribution in [0.4, 0.5) is 0 Å². The van der Waals surface area contributed by atoms with Crippen LogP contribution >= 0.6 is 0 Å². The van der Waals surface area contributed by atoms with Gasteiger partial charge in [0.05, 0.1) is 11.5 Å². The molecule has 0 aliphatic heterocycles. The van der Waals surface area contributed by atoms with E-state index in [4.69, 9.17) is 0 Å². The van der Waals surface area contributed by atoms with Gasteiger partial charge < -0.3 is 10.3 Å². The molecule has 4 rings (SSSR count). The third-order valence-corrected chi connectivity index (χ3v) is 8.57. The van der Waals surface area contributed by atoms with Crippen LogP contribution in [0.3, 0.4) is 0 Å². The van der Waals surface area contributed by atoms with Crippen molar-refractivity contribution >= 4 is 11.5 Å². The van der Waals surface area contributed by atoms with Gasteiger partial charge in [-0.25, -0.2) is 0 Å². The van der Waals surface area contributed by atoms with Gasteiger partial charge in [0, 0.05) is 6.42 Å². The molecule has 0 heterocycles. The van der Waals surface area contributed by atoms with Crippen molar-refractivity contribution in [3.8, 4) is 0 Å². The van der Waals surface area contributed by atoms with Gasteiger partial charge in [-0.15, -0.1) is 0 Å². The molecular formula is C21H31NO3. The summed E-state index contributed by atoms with van der Waals surface area (Å²) in [6.07, 6.45) is 7.90. The Bertz CT molecular complexity index is 679. The van der Waals surface area contributed by atoms with E-state index in [2.05, 4.69) is 25.1 Å². The molecule has 0 unspecified atom stereocenters. The Kier molecular flexibility index (Phi) is 3.58. The Hall–Kier alpha value is -1.16. The molecular weight excluding hydrogens is 314 g/mol. The second-order valence-corrected chi connectivity index (χ2v) is 9.96. The fourth-order valence-electron chi connectivity index (χ4n) is 7.25. The predicted octanol–water partition coefficient (Wildman–Crippen LogP) is 3.96. The first-order valence-corrected chi connectivity index (χ1v) is 9.81. The normalized spacial score (nSPS) is 50.0. The number of fused-ring (bicyclic) bond motifs is 5. The van der Waals surface area contributed by atoms with Gasteiger partial charge >= 0.3 is 0 Å². The van der Waals surface area contributed by atoms with E-state index in [0.29, 0.717) is 29.9 Å². The maximum Gasteiger partial charge on any atom is 0.190 e. The number of hydrogen-bond donors (Lipinski definition) is 2. The molecule has 3 saturated carbocycles. The number of hydrogen-bond acceptors (Lipinski definition) is 4. The van der Waals surface area contributed by atoms with Crippen molar-refractivity contribution in [1.29, 1.82) is 0 Å². The van der Waals surface area contributed by atoms with Crippen LogP contribution in [0, 0.1) is 34.0 Å². The molecule has 138 valence electrons. The molecule has 0 aromatic carbocycles. The van der Waals surface area contributed by atoms with Crippen LogP contribution in [0.1, 0.15) is 66.2 Å². The van der Waals surface area contributed by atoms with Crippen LogP contribution in [-0.2, 0) is 4.79 Å². The Morgan fingerprint density at radius 2 is 1.84 bits per heavy atom. The summed E-state index contributed by atoms with van der Waals surface area (Å²) in [6, 6.07) is 0. The zero-order chi connectivity index (χ0) is 18.2. The van der Waals surface area contributed by atoms with Crippen molar-refractivity contribution in [2.75, 3.05) is 0 Å². The molecule has 25 heavy (non-hydrogen) atoms. The highest BCUT2D eigenvalue weighted by molar-refractivity contribution is 6.43. The highest BCUT2D eigenvalue weighted by Crippen LogP contribution is 2.66. The molecule has 4 heteroatoms. The lowest BCUT2D eigenvalue weighted by atomic mass is 9.45. The maximum atomic E-state index is 12.7. The summed E-state index contributed by atoms with van der Waals surface area (Å²) in [7, 11) is 0. The molecule has 0 aromatic heterocycles. The monoisotopic (exact) mass is 345 g/mol. The van der Waals surface area contributed by atoms with Gasteiger partial charge in [-0.2, -0.15) is 0 Å². The highest BCUT2D eigenvalue weighted by Gasteiger charge is 2.61. The minimum atomic E-state index is -0.588. The molecule has 4 aliphatic carbocycles. The van der Waals surface area contributed by atoms with E-state index < -0.39 is 5.41 Å². The topological polar surface area (TPSA) is 69.9 Å². The highest BCUT2D eigenvalue weighted by atomic mass is 16.4. The van der Waals surface area contributed by atoms with E-state index in [0.717, 1.165) is 32.1 Å². The second-order valence-electron chi connectivity index (χ2n) is 9.96. The summed E-state index contributed by atoms with van der Waals surface area (Å²) in [5.74, 6) is 1.59. The summed E-state index contributed by atoms with van der Waals surface area (Å²) >= 11 is 0. The lowest BCUT2D eigenvalue weighted by Crippen LogP contribution is -2.56. The van der Waals surface area contributed by atoms with Gasteiger partial charge in [0.1, 0.15) is 5.71 Å². The van der Waals surface area contributed by atoms with E-state index >= 15 is 0 Å². The quantitative estimate of drug-likeness (QED) is 0.397. The fraction of sp³-hybridized carbons (Fsp3) is 0.810. The number of oxime groups is 1. The zero-order valence-electron chi connectivity index (χ0n) is 15.9. The molecule has 4 aliphatic rings. The molecule has 0 aromatic rings. The van der Waals surface area contributed by atoms with E-state index in [1.165, 1.54) is 5.57 Å². The SMILES string of the molecule is CC1(C)C(=O)/C(=N\O)C[C@@]2(C)C1=CC[C@H]1[C@@H]3CC[C@H](O)[C@@]3(C)CC[C@@H]12. The Morgan fingerprint density at radius 3 is 2.52 bits per heavy atom. The number of nitrogens with zero attached hydrogens (tertiary/aromatic N) is 1. The predicted molar refractivity (Wildman–Crippen MR) is 96.5 cm³/mol. The first-order chi connectivity index (χ1) is 11.7. The van der Waals surface area contributed by atoms with Crippen LogP contribution in [0.25, 0.3) is 0 Å². The Morgan fingerprint density at radius 1 is 1.12 bits per heavy atom. The molecule has 6 atom stereocenters. The molecule has 0 amide bonds. The fourth-order valence-corrected chi connectivity index (χ4v) is 7.25. The smallest absolute Gasteiger partial charge is 0.190 e. The first-order valence-electron chi connectivity index (χ1n) is 9.81. The van der Waals surface area contributed by atoms with Crippen molar-refractivity contribution < 1.29 is 15.1 Å². The number of Topliss-reactive ketones (excluding diaryl/α,β-unsaturated/α-hetero) is 1. The summed E-state index contributed by atoms with van der Waals surface area (Å²) in [5.41, 5.74) is 0.939. The van der Waals surface area contributed by atoms with Crippen LogP contribution in [0.15, 0.2) is 16.8 Å². The van der Waals surface area contributed by atoms with Crippen molar-refractivity contribution in [3.63, 3.8) is 0 Å². The first kappa shape index (κ1) is 17.3. The molecule has 0 spiro atoms. The maximum absolute atomic E-state index is 12.7. The third-order valence-electron chi connectivity index (χ3n) is 8.57. The second kappa shape index (κ2) is 5.18. The zero-order valence-corrected chi connectivity index (χ0v) is 15.9. The van der Waals surface area contributed by atoms with Gasteiger partial charge in [0.25, 0.3) is 0 Å². The van der Waals surface area contributed by atoms with E-state index in [-0.39, 0.29) is 22.7 Å².